The number of benzene rings is 2. The molecular formula is C20H24N2O4S. The summed E-state index contributed by atoms with van der Waals surface area (Å²) < 4.78 is 31.5. The molecule has 144 valence electrons. The molecule has 0 fully saturated rings. The van der Waals surface area contributed by atoms with Gasteiger partial charge in [0, 0.05) is 31.9 Å². The van der Waals surface area contributed by atoms with Gasteiger partial charge in [-0.25, -0.2) is 12.7 Å². The van der Waals surface area contributed by atoms with Crippen LogP contribution in [0.15, 0.2) is 41.3 Å². The SMILES string of the molecule is COc1ccc(C(=O)N2CCCc3cc(C)ccc32)cc1S(=O)(=O)N(C)C. The molecule has 27 heavy (non-hydrogen) atoms. The van der Waals surface area contributed by atoms with Crippen molar-refractivity contribution in [2.45, 2.75) is 24.7 Å². The number of nitrogens with zero attached hydrogens (tertiary/aromatic N) is 2. The van der Waals surface area contributed by atoms with Crippen molar-refractivity contribution in [2.24, 2.45) is 0 Å². The number of hydrogen-bond donors (Lipinski definition) is 0. The van der Waals surface area contributed by atoms with Crippen molar-refractivity contribution in [3.05, 3.63) is 53.1 Å². The summed E-state index contributed by atoms with van der Waals surface area (Å²) in [5.74, 6) is 0.00702. The van der Waals surface area contributed by atoms with Crippen molar-refractivity contribution in [2.75, 3.05) is 32.6 Å². The van der Waals surface area contributed by atoms with Crippen LogP contribution in [-0.2, 0) is 16.4 Å². The van der Waals surface area contributed by atoms with Crippen LogP contribution in [0.5, 0.6) is 5.75 Å². The molecule has 0 saturated heterocycles. The number of sulfonamides is 1. The van der Waals surface area contributed by atoms with E-state index >= 15 is 0 Å². The van der Waals surface area contributed by atoms with E-state index in [4.69, 9.17) is 4.74 Å². The molecule has 0 atom stereocenters. The predicted molar refractivity (Wildman–Crippen MR) is 105 cm³/mol. The first kappa shape index (κ1) is 19.4. The number of amides is 1. The Morgan fingerprint density at radius 1 is 1.15 bits per heavy atom. The third-order valence-electron chi connectivity index (χ3n) is 4.77. The summed E-state index contributed by atoms with van der Waals surface area (Å²) in [7, 11) is 0.578. The van der Waals surface area contributed by atoms with Crippen molar-refractivity contribution < 1.29 is 17.9 Å². The second kappa shape index (κ2) is 7.32. The fraction of sp³-hybridized carbons (Fsp3) is 0.350. The fourth-order valence-electron chi connectivity index (χ4n) is 3.30. The Labute approximate surface area is 160 Å². The molecule has 1 aliphatic rings. The van der Waals surface area contributed by atoms with Crippen molar-refractivity contribution in [1.29, 1.82) is 0 Å². The maximum Gasteiger partial charge on any atom is 0.258 e. The quantitative estimate of drug-likeness (QED) is 0.808. The van der Waals surface area contributed by atoms with Gasteiger partial charge in [-0.05, 0) is 49.6 Å². The Morgan fingerprint density at radius 3 is 2.56 bits per heavy atom. The molecule has 3 rings (SSSR count). The third-order valence-corrected chi connectivity index (χ3v) is 6.60. The normalized spacial score (nSPS) is 14.2. The first-order valence-electron chi connectivity index (χ1n) is 8.77. The van der Waals surface area contributed by atoms with Crippen LogP contribution in [0.4, 0.5) is 5.69 Å². The molecule has 0 radical (unpaired) electrons. The molecule has 0 N–H and O–H groups in total. The topological polar surface area (TPSA) is 66.9 Å². The zero-order valence-electron chi connectivity index (χ0n) is 16.0. The van der Waals surface area contributed by atoms with Gasteiger partial charge in [-0.15, -0.1) is 0 Å². The van der Waals surface area contributed by atoms with E-state index in [1.54, 1.807) is 11.0 Å². The van der Waals surface area contributed by atoms with Crippen molar-refractivity contribution in [3.63, 3.8) is 0 Å². The van der Waals surface area contributed by atoms with Gasteiger partial charge in [0.25, 0.3) is 5.91 Å². The predicted octanol–water partition coefficient (Wildman–Crippen LogP) is 2.85. The van der Waals surface area contributed by atoms with Crippen molar-refractivity contribution in [1.82, 2.24) is 4.31 Å². The molecule has 7 heteroatoms. The molecular weight excluding hydrogens is 364 g/mol. The van der Waals surface area contributed by atoms with Crippen molar-refractivity contribution in [3.8, 4) is 5.75 Å². The molecule has 1 amide bonds. The van der Waals surface area contributed by atoms with Gasteiger partial charge in [0.2, 0.25) is 10.0 Å². The molecule has 2 aromatic rings. The highest BCUT2D eigenvalue weighted by Gasteiger charge is 2.27. The Morgan fingerprint density at radius 2 is 1.89 bits per heavy atom. The maximum atomic E-state index is 13.2. The molecule has 0 unspecified atom stereocenters. The maximum absolute atomic E-state index is 13.2. The van der Waals surface area contributed by atoms with Crippen LogP contribution in [0.3, 0.4) is 0 Å². The lowest BCUT2D eigenvalue weighted by Crippen LogP contribution is -2.35. The number of ether oxygens (including phenoxy) is 1. The molecule has 0 spiro atoms. The number of hydrogen-bond acceptors (Lipinski definition) is 4. The number of carbonyl (C=O) groups excluding carboxylic acids is 1. The van der Waals surface area contributed by atoms with E-state index < -0.39 is 10.0 Å². The van der Waals surface area contributed by atoms with Crippen LogP contribution in [-0.4, -0.2) is 46.4 Å². The number of methoxy groups -OCH3 is 1. The van der Waals surface area contributed by atoms with Gasteiger partial charge in [0.05, 0.1) is 7.11 Å². The number of carbonyl (C=O) groups is 1. The zero-order chi connectivity index (χ0) is 19.8. The molecule has 6 nitrogen and oxygen atoms in total. The highest BCUT2D eigenvalue weighted by molar-refractivity contribution is 7.89. The van der Waals surface area contributed by atoms with Crippen LogP contribution in [0.2, 0.25) is 0 Å². The summed E-state index contributed by atoms with van der Waals surface area (Å²) in [5.41, 5.74) is 3.52. The Bertz CT molecular complexity index is 983. The minimum atomic E-state index is -3.73. The summed E-state index contributed by atoms with van der Waals surface area (Å²) in [6, 6.07) is 10.6. The van der Waals surface area contributed by atoms with Crippen molar-refractivity contribution >= 4 is 21.6 Å². The van der Waals surface area contributed by atoms with E-state index in [1.165, 1.54) is 33.3 Å². The number of anilines is 1. The van der Waals surface area contributed by atoms with E-state index in [0.29, 0.717) is 12.1 Å². The average Bonchev–Trinajstić information content (AvgIpc) is 2.66. The van der Waals surface area contributed by atoms with E-state index in [9.17, 15) is 13.2 Å². The van der Waals surface area contributed by atoms with Gasteiger partial charge in [-0.2, -0.15) is 0 Å². The van der Waals surface area contributed by atoms with Crippen LogP contribution in [0.25, 0.3) is 0 Å². The number of fused-ring (bicyclic) bond motifs is 1. The summed E-state index contributed by atoms with van der Waals surface area (Å²) in [6.45, 7) is 2.64. The Balaban J connectivity index is 2.05. The molecule has 0 aromatic heterocycles. The van der Waals surface area contributed by atoms with E-state index in [1.807, 2.05) is 19.1 Å². The molecule has 1 aliphatic heterocycles. The van der Waals surface area contributed by atoms with Gasteiger partial charge in [0.15, 0.2) is 0 Å². The molecule has 0 bridgehead atoms. The first-order chi connectivity index (χ1) is 12.8. The van der Waals surface area contributed by atoms with Gasteiger partial charge in [-0.1, -0.05) is 17.7 Å². The van der Waals surface area contributed by atoms with E-state index in [0.717, 1.165) is 34.0 Å². The lowest BCUT2D eigenvalue weighted by molar-refractivity contribution is 0.0985. The smallest absolute Gasteiger partial charge is 0.258 e. The van der Waals surface area contributed by atoms with E-state index in [-0.39, 0.29) is 16.6 Å². The monoisotopic (exact) mass is 388 g/mol. The molecule has 2 aromatic carbocycles. The number of rotatable bonds is 4. The van der Waals surface area contributed by atoms with Crippen LogP contribution < -0.4 is 9.64 Å². The highest BCUT2D eigenvalue weighted by atomic mass is 32.2. The molecule has 1 heterocycles. The summed E-state index contributed by atoms with van der Waals surface area (Å²) in [4.78, 5) is 14.9. The van der Waals surface area contributed by atoms with Crippen LogP contribution >= 0.6 is 0 Å². The highest BCUT2D eigenvalue weighted by Crippen LogP contribution is 2.31. The molecule has 0 aliphatic carbocycles. The largest absolute Gasteiger partial charge is 0.495 e. The second-order valence-corrected chi connectivity index (χ2v) is 8.97. The summed E-state index contributed by atoms with van der Waals surface area (Å²) >= 11 is 0. The molecule has 0 saturated carbocycles. The minimum Gasteiger partial charge on any atom is -0.495 e. The van der Waals surface area contributed by atoms with Crippen LogP contribution in [0.1, 0.15) is 27.9 Å². The standard InChI is InChI=1S/C20H24N2O4S/c1-14-7-9-17-15(12-14)6-5-11-22(17)20(23)16-8-10-18(26-4)19(13-16)27(24,25)21(2)3/h7-10,12-13H,5-6,11H2,1-4H3. The first-order valence-corrected chi connectivity index (χ1v) is 10.2. The lowest BCUT2D eigenvalue weighted by Gasteiger charge is -2.30. The zero-order valence-corrected chi connectivity index (χ0v) is 16.8. The summed E-state index contributed by atoms with van der Waals surface area (Å²) in [6.07, 6.45) is 1.81. The Kier molecular flexibility index (Phi) is 5.26. The van der Waals surface area contributed by atoms with Gasteiger partial charge in [0.1, 0.15) is 10.6 Å². The Hall–Kier alpha value is -2.38. The average molecular weight is 388 g/mol. The minimum absolute atomic E-state index is 0.0120. The van der Waals surface area contributed by atoms with Gasteiger partial charge >= 0.3 is 0 Å². The fourth-order valence-corrected chi connectivity index (χ4v) is 4.38. The lowest BCUT2D eigenvalue weighted by atomic mass is 9.99. The third kappa shape index (κ3) is 3.57. The van der Waals surface area contributed by atoms with E-state index in [2.05, 4.69) is 6.07 Å². The number of aryl methyl sites for hydroxylation is 2. The summed E-state index contributed by atoms with van der Waals surface area (Å²) in [5, 5.41) is 0. The van der Waals surface area contributed by atoms with Crippen LogP contribution in [0, 0.1) is 6.92 Å². The van der Waals surface area contributed by atoms with Gasteiger partial charge < -0.3 is 9.64 Å². The van der Waals surface area contributed by atoms with Gasteiger partial charge in [-0.3, -0.25) is 4.79 Å². The second-order valence-electron chi connectivity index (χ2n) is 6.85.